The van der Waals surface area contributed by atoms with Crippen molar-refractivity contribution in [1.29, 1.82) is 0 Å². The van der Waals surface area contributed by atoms with E-state index in [0.29, 0.717) is 12.6 Å². The number of aryl methyl sites for hydroxylation is 1. The highest BCUT2D eigenvalue weighted by Crippen LogP contribution is 2.18. The molecule has 0 atom stereocenters. The third kappa shape index (κ3) is 4.93. The van der Waals surface area contributed by atoms with Crippen molar-refractivity contribution >= 4 is 34.2 Å². The van der Waals surface area contributed by atoms with Crippen molar-refractivity contribution in [2.24, 2.45) is 0 Å². The summed E-state index contributed by atoms with van der Waals surface area (Å²) < 4.78 is 1.19. The molecule has 2 rings (SSSR count). The minimum Gasteiger partial charge on any atom is -0.325 e. The first-order valence-corrected chi connectivity index (χ1v) is 8.68. The maximum absolute atomic E-state index is 12.3. The lowest BCUT2D eigenvalue weighted by Crippen LogP contribution is -2.46. The number of anilines is 1. The number of hydrogen-bond acceptors (Lipinski definition) is 3. The molecule has 21 heavy (non-hydrogen) atoms. The zero-order valence-corrected chi connectivity index (χ0v) is 14.9. The molecule has 4 nitrogen and oxygen atoms in total. The molecule has 1 amide bonds. The number of carbonyl (C=O) groups excluding carboxylic acids is 1. The normalized spacial score (nSPS) is 16.2. The Morgan fingerprint density at radius 1 is 1.43 bits per heavy atom. The van der Waals surface area contributed by atoms with Crippen LogP contribution in [0.5, 0.6) is 0 Å². The zero-order chi connectivity index (χ0) is 15.2. The van der Waals surface area contributed by atoms with Crippen molar-refractivity contribution in [3.63, 3.8) is 0 Å². The summed E-state index contributed by atoms with van der Waals surface area (Å²) in [5, 5.41) is 6.41. The minimum atomic E-state index is 0.0830. The number of carbonyl (C=O) groups is 1. The summed E-state index contributed by atoms with van der Waals surface area (Å²) in [6.07, 6.45) is 2.26. The lowest BCUT2D eigenvalue weighted by Gasteiger charge is -2.33. The number of halogens is 1. The molecule has 1 aliphatic rings. The van der Waals surface area contributed by atoms with Gasteiger partial charge in [0.2, 0.25) is 5.91 Å². The van der Waals surface area contributed by atoms with E-state index in [1.165, 1.54) is 3.57 Å². The molecule has 1 aromatic rings. The molecule has 2 N–H and O–H groups in total. The van der Waals surface area contributed by atoms with Gasteiger partial charge in [0.25, 0.3) is 0 Å². The molecule has 5 heteroatoms. The van der Waals surface area contributed by atoms with Crippen molar-refractivity contribution in [3.8, 4) is 0 Å². The molecular formula is C16H24IN3O. The molecule has 116 valence electrons. The van der Waals surface area contributed by atoms with E-state index in [0.717, 1.165) is 43.7 Å². The second-order valence-corrected chi connectivity index (χ2v) is 6.80. The fraction of sp³-hybridized carbons (Fsp3) is 0.562. The number of likely N-dealkylation sites (N-methyl/N-ethyl adjacent to an activating group) is 1. The monoisotopic (exact) mass is 401 g/mol. The van der Waals surface area contributed by atoms with E-state index < -0.39 is 0 Å². The van der Waals surface area contributed by atoms with Gasteiger partial charge in [-0.05, 0) is 85.8 Å². The number of benzene rings is 1. The second-order valence-electron chi connectivity index (χ2n) is 5.55. The van der Waals surface area contributed by atoms with Crippen LogP contribution < -0.4 is 10.6 Å². The van der Waals surface area contributed by atoms with Crippen molar-refractivity contribution in [2.75, 3.05) is 31.5 Å². The van der Waals surface area contributed by atoms with Crippen molar-refractivity contribution < 1.29 is 4.79 Å². The summed E-state index contributed by atoms with van der Waals surface area (Å²) in [7, 11) is 0. The zero-order valence-electron chi connectivity index (χ0n) is 12.8. The number of amides is 1. The third-order valence-corrected chi connectivity index (χ3v) is 4.71. The highest BCUT2D eigenvalue weighted by molar-refractivity contribution is 14.1. The Hall–Kier alpha value is -0.660. The number of rotatable bonds is 5. The summed E-state index contributed by atoms with van der Waals surface area (Å²) in [5.41, 5.74) is 2.03. The van der Waals surface area contributed by atoms with Gasteiger partial charge in [0.1, 0.15) is 0 Å². The molecular weight excluding hydrogens is 377 g/mol. The summed E-state index contributed by atoms with van der Waals surface area (Å²) >= 11 is 2.28. The Balaban J connectivity index is 1.92. The predicted octanol–water partition coefficient (Wildman–Crippen LogP) is 2.61. The Morgan fingerprint density at radius 3 is 2.76 bits per heavy atom. The van der Waals surface area contributed by atoms with Crippen LogP contribution in [-0.4, -0.2) is 43.0 Å². The van der Waals surface area contributed by atoms with E-state index >= 15 is 0 Å². The van der Waals surface area contributed by atoms with E-state index in [9.17, 15) is 4.79 Å². The number of nitrogens with one attached hydrogen (secondary N) is 2. The van der Waals surface area contributed by atoms with Crippen LogP contribution >= 0.6 is 22.6 Å². The quantitative estimate of drug-likeness (QED) is 0.746. The fourth-order valence-electron chi connectivity index (χ4n) is 2.81. The van der Waals surface area contributed by atoms with Gasteiger partial charge in [-0.25, -0.2) is 0 Å². The smallest absolute Gasteiger partial charge is 0.238 e. The van der Waals surface area contributed by atoms with Crippen LogP contribution in [0.3, 0.4) is 0 Å². The van der Waals surface area contributed by atoms with Crippen LogP contribution in [0, 0.1) is 10.5 Å². The van der Waals surface area contributed by atoms with Crippen LogP contribution in [0.15, 0.2) is 18.2 Å². The second kappa shape index (κ2) is 8.10. The molecule has 0 spiro atoms. The molecule has 0 radical (unpaired) electrons. The van der Waals surface area contributed by atoms with Gasteiger partial charge in [0.15, 0.2) is 0 Å². The van der Waals surface area contributed by atoms with Crippen LogP contribution in [0.4, 0.5) is 5.69 Å². The number of hydrogen-bond donors (Lipinski definition) is 2. The van der Waals surface area contributed by atoms with E-state index in [1.54, 1.807) is 0 Å². The lowest BCUT2D eigenvalue weighted by molar-refractivity contribution is -0.118. The SMILES string of the molecule is CCN(CC(=O)Nc1ccc(I)cc1C)C1CCNCC1. The van der Waals surface area contributed by atoms with Gasteiger partial charge in [-0.15, -0.1) is 0 Å². The van der Waals surface area contributed by atoms with E-state index in [-0.39, 0.29) is 5.91 Å². The van der Waals surface area contributed by atoms with Crippen LogP contribution in [-0.2, 0) is 4.79 Å². The van der Waals surface area contributed by atoms with Gasteiger partial charge in [0.05, 0.1) is 6.54 Å². The molecule has 0 aromatic heterocycles. The number of nitrogens with zero attached hydrogens (tertiary/aromatic N) is 1. The third-order valence-electron chi connectivity index (χ3n) is 4.04. The summed E-state index contributed by atoms with van der Waals surface area (Å²) in [6.45, 7) is 7.67. The van der Waals surface area contributed by atoms with E-state index in [2.05, 4.69) is 51.1 Å². The van der Waals surface area contributed by atoms with Gasteiger partial charge >= 0.3 is 0 Å². The first kappa shape index (κ1) is 16.7. The van der Waals surface area contributed by atoms with Gasteiger partial charge in [-0.3, -0.25) is 9.69 Å². The summed E-state index contributed by atoms with van der Waals surface area (Å²) in [5.74, 6) is 0.0830. The highest BCUT2D eigenvalue weighted by Gasteiger charge is 2.21. The van der Waals surface area contributed by atoms with Crippen molar-refractivity contribution in [2.45, 2.75) is 32.7 Å². The molecule has 0 saturated carbocycles. The topological polar surface area (TPSA) is 44.4 Å². The molecule has 1 aromatic carbocycles. The Bertz CT molecular complexity index is 486. The summed E-state index contributed by atoms with van der Waals surface area (Å²) in [6, 6.07) is 6.61. The largest absolute Gasteiger partial charge is 0.325 e. The first-order valence-electron chi connectivity index (χ1n) is 7.61. The average Bonchev–Trinajstić information content (AvgIpc) is 2.48. The Morgan fingerprint density at radius 2 is 2.14 bits per heavy atom. The minimum absolute atomic E-state index is 0.0830. The fourth-order valence-corrected chi connectivity index (χ4v) is 3.46. The number of piperidine rings is 1. The maximum Gasteiger partial charge on any atom is 0.238 e. The van der Waals surface area contributed by atoms with Crippen LogP contribution in [0.25, 0.3) is 0 Å². The van der Waals surface area contributed by atoms with Crippen LogP contribution in [0.2, 0.25) is 0 Å². The van der Waals surface area contributed by atoms with Crippen molar-refractivity contribution in [1.82, 2.24) is 10.2 Å². The van der Waals surface area contributed by atoms with E-state index in [4.69, 9.17) is 0 Å². The maximum atomic E-state index is 12.3. The molecule has 0 aliphatic carbocycles. The highest BCUT2D eigenvalue weighted by atomic mass is 127. The van der Waals surface area contributed by atoms with Crippen LogP contribution in [0.1, 0.15) is 25.3 Å². The lowest BCUT2D eigenvalue weighted by atomic mass is 10.0. The molecule has 1 fully saturated rings. The van der Waals surface area contributed by atoms with Gasteiger partial charge in [-0.2, -0.15) is 0 Å². The summed E-state index contributed by atoms with van der Waals surface area (Å²) in [4.78, 5) is 14.6. The van der Waals surface area contributed by atoms with Gasteiger partial charge < -0.3 is 10.6 Å². The average molecular weight is 401 g/mol. The standard InChI is InChI=1S/C16H24IN3O/c1-3-20(14-6-8-18-9-7-14)11-16(21)19-15-5-4-13(17)10-12(15)2/h4-5,10,14,18H,3,6-9,11H2,1-2H3,(H,19,21). The molecule has 1 heterocycles. The first-order chi connectivity index (χ1) is 10.1. The Labute approximate surface area is 140 Å². The van der Waals surface area contributed by atoms with Gasteiger partial charge in [-0.1, -0.05) is 6.92 Å². The Kier molecular flexibility index (Phi) is 6.44. The molecule has 1 aliphatic heterocycles. The molecule has 0 unspecified atom stereocenters. The van der Waals surface area contributed by atoms with E-state index in [1.807, 2.05) is 19.1 Å². The predicted molar refractivity (Wildman–Crippen MR) is 95.7 cm³/mol. The molecule has 1 saturated heterocycles. The van der Waals surface area contributed by atoms with Crippen molar-refractivity contribution in [3.05, 3.63) is 27.3 Å². The molecule has 0 bridgehead atoms. The van der Waals surface area contributed by atoms with Gasteiger partial charge in [0, 0.05) is 15.3 Å².